The van der Waals surface area contributed by atoms with Crippen LogP contribution >= 0.6 is 0 Å². The Morgan fingerprint density at radius 2 is 1.91 bits per heavy atom. The third-order valence-electron chi connectivity index (χ3n) is 1.60. The Bertz CT molecular complexity index is 121. The first-order valence-corrected chi connectivity index (χ1v) is 3.92. The van der Waals surface area contributed by atoms with Crippen LogP contribution in [0.5, 0.6) is 0 Å². The van der Waals surface area contributed by atoms with E-state index in [1.807, 2.05) is 6.92 Å². The number of aliphatic hydroxyl groups excluding tert-OH is 1. The van der Waals surface area contributed by atoms with E-state index in [0.29, 0.717) is 6.42 Å². The van der Waals surface area contributed by atoms with E-state index in [2.05, 4.69) is 0 Å². The monoisotopic (exact) mass is 160 g/mol. The highest BCUT2D eigenvalue weighted by molar-refractivity contribution is 5.66. The van der Waals surface area contributed by atoms with Gasteiger partial charge in [-0.3, -0.25) is 4.79 Å². The molecule has 0 aliphatic heterocycles. The number of aliphatic hydroxyl groups is 1. The number of rotatable bonds is 5. The van der Waals surface area contributed by atoms with Gasteiger partial charge in [0.25, 0.3) is 0 Å². The van der Waals surface area contributed by atoms with Crippen molar-refractivity contribution in [2.75, 3.05) is 0 Å². The van der Waals surface area contributed by atoms with E-state index in [0.717, 1.165) is 6.42 Å². The van der Waals surface area contributed by atoms with Crippen molar-refractivity contribution >= 4 is 5.97 Å². The van der Waals surface area contributed by atoms with Gasteiger partial charge in [0.2, 0.25) is 0 Å². The van der Waals surface area contributed by atoms with Crippen LogP contribution in [0.4, 0.5) is 0 Å². The number of hydrogen-bond acceptors (Lipinski definition) is 2. The Labute approximate surface area is 67.0 Å². The maximum atomic E-state index is 10.2. The first-order valence-electron chi connectivity index (χ1n) is 3.92. The molecule has 0 spiro atoms. The molecule has 0 heterocycles. The van der Waals surface area contributed by atoms with E-state index in [9.17, 15) is 4.79 Å². The normalized spacial score (nSPS) is 15.9. The van der Waals surface area contributed by atoms with Crippen LogP contribution in [0.3, 0.4) is 0 Å². The molecule has 0 aromatic carbocycles. The molecular formula is C8H16O3. The van der Waals surface area contributed by atoms with Gasteiger partial charge in [0.15, 0.2) is 0 Å². The van der Waals surface area contributed by atoms with Gasteiger partial charge < -0.3 is 10.2 Å². The van der Waals surface area contributed by atoms with Crippen LogP contribution < -0.4 is 0 Å². The molecule has 66 valence electrons. The molecule has 0 aliphatic carbocycles. The second kappa shape index (κ2) is 5.13. The lowest BCUT2D eigenvalue weighted by Crippen LogP contribution is -2.07. The predicted molar refractivity (Wildman–Crippen MR) is 42.3 cm³/mol. The van der Waals surface area contributed by atoms with Gasteiger partial charge in [-0.25, -0.2) is 0 Å². The van der Waals surface area contributed by atoms with Crippen molar-refractivity contribution in [1.82, 2.24) is 0 Å². The maximum absolute atomic E-state index is 10.2. The Hall–Kier alpha value is -0.570. The highest BCUT2D eigenvalue weighted by Gasteiger charge is 2.08. The molecular weight excluding hydrogens is 144 g/mol. The molecule has 11 heavy (non-hydrogen) atoms. The number of carbonyl (C=O) groups is 1. The summed E-state index contributed by atoms with van der Waals surface area (Å²) in [5.74, 6) is -0.592. The zero-order valence-electron chi connectivity index (χ0n) is 7.08. The number of carboxylic acid groups (broad SMARTS) is 1. The van der Waals surface area contributed by atoms with Crippen LogP contribution in [-0.2, 0) is 4.79 Å². The summed E-state index contributed by atoms with van der Waals surface area (Å²) >= 11 is 0. The van der Waals surface area contributed by atoms with Gasteiger partial charge in [0, 0.05) is 6.42 Å². The van der Waals surface area contributed by atoms with Gasteiger partial charge in [-0.1, -0.05) is 6.92 Å². The summed E-state index contributed by atoms with van der Waals surface area (Å²) in [6.07, 6.45) is 1.36. The minimum absolute atomic E-state index is 0.169. The molecule has 0 saturated heterocycles. The largest absolute Gasteiger partial charge is 0.481 e. The third kappa shape index (κ3) is 7.33. The zero-order valence-corrected chi connectivity index (χ0v) is 7.08. The number of aliphatic carboxylic acids is 1. The Morgan fingerprint density at radius 1 is 1.36 bits per heavy atom. The molecule has 0 aromatic rings. The molecule has 0 radical (unpaired) electrons. The smallest absolute Gasteiger partial charge is 0.303 e. The minimum atomic E-state index is -0.761. The van der Waals surface area contributed by atoms with E-state index in [1.165, 1.54) is 0 Å². The lowest BCUT2D eigenvalue weighted by Gasteiger charge is -2.09. The molecule has 2 atom stereocenters. The highest BCUT2D eigenvalue weighted by atomic mass is 16.4. The summed E-state index contributed by atoms with van der Waals surface area (Å²) in [6.45, 7) is 3.60. The van der Waals surface area contributed by atoms with E-state index in [-0.39, 0.29) is 18.4 Å². The fourth-order valence-corrected chi connectivity index (χ4v) is 0.926. The van der Waals surface area contributed by atoms with Gasteiger partial charge in [0.05, 0.1) is 6.10 Å². The lowest BCUT2D eigenvalue weighted by atomic mass is 10.0. The molecule has 0 aliphatic rings. The van der Waals surface area contributed by atoms with Crippen molar-refractivity contribution in [2.45, 2.75) is 39.2 Å². The first-order chi connectivity index (χ1) is 5.02. The highest BCUT2D eigenvalue weighted by Crippen LogP contribution is 2.11. The summed E-state index contributed by atoms with van der Waals surface area (Å²) < 4.78 is 0. The van der Waals surface area contributed by atoms with Crippen molar-refractivity contribution in [3.05, 3.63) is 0 Å². The summed E-state index contributed by atoms with van der Waals surface area (Å²) in [7, 11) is 0. The van der Waals surface area contributed by atoms with Crippen LogP contribution in [0.25, 0.3) is 0 Å². The second-order valence-electron chi connectivity index (χ2n) is 3.13. The van der Waals surface area contributed by atoms with Crippen molar-refractivity contribution in [3.8, 4) is 0 Å². The average molecular weight is 160 g/mol. The molecule has 0 rings (SSSR count). The molecule has 2 unspecified atom stereocenters. The predicted octanol–water partition coefficient (Wildman–Crippen LogP) is 1.26. The molecule has 0 amide bonds. The topological polar surface area (TPSA) is 57.5 Å². The molecule has 0 aromatic heterocycles. The van der Waals surface area contributed by atoms with Gasteiger partial charge in [-0.05, 0) is 25.7 Å². The Morgan fingerprint density at radius 3 is 2.27 bits per heavy atom. The zero-order chi connectivity index (χ0) is 8.85. The van der Waals surface area contributed by atoms with Gasteiger partial charge in [-0.2, -0.15) is 0 Å². The fraction of sp³-hybridized carbons (Fsp3) is 0.875. The van der Waals surface area contributed by atoms with E-state index in [4.69, 9.17) is 10.2 Å². The van der Waals surface area contributed by atoms with Gasteiger partial charge >= 0.3 is 5.97 Å². The summed E-state index contributed by atoms with van der Waals surface area (Å²) in [5.41, 5.74) is 0. The molecule has 0 bridgehead atoms. The average Bonchev–Trinajstić information content (AvgIpc) is 1.82. The van der Waals surface area contributed by atoms with E-state index in [1.54, 1.807) is 6.92 Å². The quantitative estimate of drug-likeness (QED) is 0.636. The van der Waals surface area contributed by atoms with Crippen molar-refractivity contribution in [1.29, 1.82) is 0 Å². The Balaban J connectivity index is 3.37. The molecule has 3 nitrogen and oxygen atoms in total. The molecule has 2 N–H and O–H groups in total. The first kappa shape index (κ1) is 10.4. The summed E-state index contributed by atoms with van der Waals surface area (Å²) in [6, 6.07) is 0. The standard InChI is InChI=1S/C8H16O3/c1-6(5-8(10)11)3-4-7(2)9/h6-7,9H,3-5H2,1-2H3,(H,10,11). The molecule has 0 saturated carbocycles. The Kier molecular flexibility index (Phi) is 4.86. The van der Waals surface area contributed by atoms with Crippen LogP contribution in [0.2, 0.25) is 0 Å². The number of hydrogen-bond donors (Lipinski definition) is 2. The van der Waals surface area contributed by atoms with Crippen molar-refractivity contribution in [3.63, 3.8) is 0 Å². The second-order valence-corrected chi connectivity index (χ2v) is 3.13. The van der Waals surface area contributed by atoms with Gasteiger partial charge in [0.1, 0.15) is 0 Å². The maximum Gasteiger partial charge on any atom is 0.303 e. The van der Waals surface area contributed by atoms with Crippen LogP contribution in [0, 0.1) is 5.92 Å². The van der Waals surface area contributed by atoms with Crippen LogP contribution in [0.1, 0.15) is 33.1 Å². The summed E-state index contributed by atoms with van der Waals surface area (Å²) in [4.78, 5) is 10.2. The fourth-order valence-electron chi connectivity index (χ4n) is 0.926. The van der Waals surface area contributed by atoms with Crippen LogP contribution in [0.15, 0.2) is 0 Å². The third-order valence-corrected chi connectivity index (χ3v) is 1.60. The molecule has 3 heteroatoms. The summed E-state index contributed by atoms with van der Waals surface area (Å²) in [5, 5.41) is 17.3. The van der Waals surface area contributed by atoms with E-state index >= 15 is 0 Å². The van der Waals surface area contributed by atoms with E-state index < -0.39 is 5.97 Å². The van der Waals surface area contributed by atoms with Crippen LogP contribution in [-0.4, -0.2) is 22.3 Å². The van der Waals surface area contributed by atoms with Gasteiger partial charge in [-0.15, -0.1) is 0 Å². The lowest BCUT2D eigenvalue weighted by molar-refractivity contribution is -0.138. The SMILES string of the molecule is CC(O)CCC(C)CC(=O)O. The van der Waals surface area contributed by atoms with Crippen molar-refractivity contribution in [2.24, 2.45) is 5.92 Å². The molecule has 0 fully saturated rings. The van der Waals surface area contributed by atoms with Crippen molar-refractivity contribution < 1.29 is 15.0 Å². The number of carboxylic acids is 1. The minimum Gasteiger partial charge on any atom is -0.481 e.